The smallest absolute Gasteiger partial charge is 0.137 e. The maximum Gasteiger partial charge on any atom is 0.137 e. The minimum Gasteiger partial charge on any atom is -0.384 e. The van der Waals surface area contributed by atoms with Gasteiger partial charge in [-0.1, -0.05) is 6.07 Å². The zero-order valence-corrected chi connectivity index (χ0v) is 12.6. The summed E-state index contributed by atoms with van der Waals surface area (Å²) in [6.07, 6.45) is 3.89. The van der Waals surface area contributed by atoms with Gasteiger partial charge < -0.3 is 10.4 Å². The fourth-order valence-electron chi connectivity index (χ4n) is 2.17. The quantitative estimate of drug-likeness (QED) is 0.819. The first-order valence-electron chi connectivity index (χ1n) is 7.12. The van der Waals surface area contributed by atoms with Crippen LogP contribution in [0.25, 0.3) is 0 Å². The van der Waals surface area contributed by atoms with E-state index in [4.69, 9.17) is 0 Å². The number of aromatic nitrogens is 3. The van der Waals surface area contributed by atoms with Gasteiger partial charge in [-0.25, -0.2) is 13.8 Å². The van der Waals surface area contributed by atoms with Gasteiger partial charge in [0.05, 0.1) is 0 Å². The Kier molecular flexibility index (Phi) is 5.20. The number of halogens is 2. The summed E-state index contributed by atoms with van der Waals surface area (Å²) in [5, 5.41) is 17.6. The molecule has 0 spiro atoms. The second-order valence-electron chi connectivity index (χ2n) is 5.63. The Hall–Kier alpha value is -1.86. The highest BCUT2D eigenvalue weighted by atomic mass is 19.1. The van der Waals surface area contributed by atoms with E-state index in [0.29, 0.717) is 6.54 Å². The van der Waals surface area contributed by atoms with Crippen molar-refractivity contribution in [2.24, 2.45) is 0 Å². The fraction of sp³-hybridized carbons (Fsp3) is 0.467. The summed E-state index contributed by atoms with van der Waals surface area (Å²) in [6, 6.07) is 3.28. The molecule has 0 radical (unpaired) electrons. The van der Waals surface area contributed by atoms with Crippen LogP contribution in [0.4, 0.5) is 8.78 Å². The van der Waals surface area contributed by atoms with Crippen molar-refractivity contribution in [1.82, 2.24) is 20.1 Å². The zero-order valence-electron chi connectivity index (χ0n) is 12.6. The maximum atomic E-state index is 13.8. The van der Waals surface area contributed by atoms with Crippen LogP contribution in [-0.2, 0) is 12.1 Å². The van der Waals surface area contributed by atoms with Gasteiger partial charge in [-0.3, -0.25) is 4.68 Å². The first-order valence-corrected chi connectivity index (χ1v) is 7.12. The van der Waals surface area contributed by atoms with Gasteiger partial charge in [-0.2, -0.15) is 5.10 Å². The summed E-state index contributed by atoms with van der Waals surface area (Å²) in [4.78, 5) is 3.86. The third kappa shape index (κ3) is 4.32. The Morgan fingerprint density at radius 1 is 1.41 bits per heavy atom. The Bertz CT molecular complexity index is 602. The zero-order chi connectivity index (χ0) is 16.2. The molecule has 2 rings (SSSR count). The molecule has 0 saturated heterocycles. The van der Waals surface area contributed by atoms with Crippen LogP contribution in [-0.4, -0.2) is 32.5 Å². The molecule has 0 amide bonds. The van der Waals surface area contributed by atoms with Crippen molar-refractivity contribution < 1.29 is 13.9 Å². The van der Waals surface area contributed by atoms with Crippen LogP contribution in [0.2, 0.25) is 0 Å². The number of aliphatic hydroxyl groups is 1. The number of rotatable bonds is 7. The van der Waals surface area contributed by atoms with Gasteiger partial charge in [0, 0.05) is 30.8 Å². The average molecular weight is 310 g/mol. The second-order valence-corrected chi connectivity index (χ2v) is 5.63. The van der Waals surface area contributed by atoms with Crippen LogP contribution in [0.15, 0.2) is 30.9 Å². The Morgan fingerprint density at radius 2 is 2.18 bits per heavy atom. The van der Waals surface area contributed by atoms with Gasteiger partial charge in [0.1, 0.15) is 29.9 Å². The minimum absolute atomic E-state index is 0.0740. The van der Waals surface area contributed by atoms with E-state index in [1.807, 2.05) is 6.92 Å². The Morgan fingerprint density at radius 3 is 2.82 bits per heavy atom. The van der Waals surface area contributed by atoms with Gasteiger partial charge in [0.2, 0.25) is 0 Å². The van der Waals surface area contributed by atoms with Crippen LogP contribution in [0.5, 0.6) is 0 Å². The molecule has 0 aliphatic heterocycles. The second kappa shape index (κ2) is 6.93. The first-order chi connectivity index (χ1) is 10.4. The predicted octanol–water partition coefficient (Wildman–Crippen LogP) is 1.83. The van der Waals surface area contributed by atoms with E-state index >= 15 is 0 Å². The van der Waals surface area contributed by atoms with Crippen molar-refractivity contribution in [3.05, 3.63) is 48.1 Å². The average Bonchev–Trinajstić information content (AvgIpc) is 2.96. The van der Waals surface area contributed by atoms with E-state index in [2.05, 4.69) is 15.4 Å². The molecule has 2 atom stereocenters. The van der Waals surface area contributed by atoms with Gasteiger partial charge >= 0.3 is 0 Å². The van der Waals surface area contributed by atoms with Crippen molar-refractivity contribution >= 4 is 0 Å². The number of nitrogens with zero attached hydrogens (tertiary/aromatic N) is 3. The molecular formula is C15H20F2N4O. The highest BCUT2D eigenvalue weighted by molar-refractivity contribution is 5.24. The molecule has 2 aromatic rings. The van der Waals surface area contributed by atoms with Crippen molar-refractivity contribution in [2.45, 2.75) is 38.5 Å². The molecule has 0 bridgehead atoms. The molecular weight excluding hydrogens is 290 g/mol. The number of hydrogen-bond acceptors (Lipinski definition) is 4. The van der Waals surface area contributed by atoms with Gasteiger partial charge in [-0.05, 0) is 26.3 Å². The number of benzene rings is 1. The summed E-state index contributed by atoms with van der Waals surface area (Å²) in [7, 11) is 0. The van der Waals surface area contributed by atoms with Crippen LogP contribution in [0.1, 0.15) is 25.8 Å². The highest BCUT2D eigenvalue weighted by Gasteiger charge is 2.27. The van der Waals surface area contributed by atoms with E-state index in [0.717, 1.165) is 18.6 Å². The largest absolute Gasteiger partial charge is 0.384 e. The van der Waals surface area contributed by atoms with Crippen LogP contribution >= 0.6 is 0 Å². The van der Waals surface area contributed by atoms with E-state index < -0.39 is 17.2 Å². The van der Waals surface area contributed by atoms with Gasteiger partial charge in [0.25, 0.3) is 0 Å². The van der Waals surface area contributed by atoms with Crippen LogP contribution in [0.3, 0.4) is 0 Å². The molecule has 5 nitrogen and oxygen atoms in total. The van der Waals surface area contributed by atoms with Gasteiger partial charge in [0.15, 0.2) is 0 Å². The third-order valence-corrected chi connectivity index (χ3v) is 3.56. The van der Waals surface area contributed by atoms with Crippen molar-refractivity contribution in [1.29, 1.82) is 0 Å². The summed E-state index contributed by atoms with van der Waals surface area (Å²) in [5.41, 5.74) is -1.34. The molecule has 22 heavy (non-hydrogen) atoms. The molecule has 2 N–H and O–H groups in total. The topological polar surface area (TPSA) is 63.0 Å². The van der Waals surface area contributed by atoms with E-state index in [-0.39, 0.29) is 18.2 Å². The van der Waals surface area contributed by atoms with E-state index in [9.17, 15) is 13.9 Å². The maximum absolute atomic E-state index is 13.8. The normalized spacial score (nSPS) is 15.5. The van der Waals surface area contributed by atoms with Crippen LogP contribution in [0, 0.1) is 11.6 Å². The standard InChI is InChI=1S/C15H20F2N4O/c1-11(5-6-21-10-18-9-20-21)19-8-15(2,22)13-4-3-12(16)7-14(13)17/h3-4,7,9-11,19,22H,5-6,8H2,1-2H3. The molecule has 1 aromatic carbocycles. The Balaban J connectivity index is 1.88. The molecule has 7 heteroatoms. The van der Waals surface area contributed by atoms with Crippen LogP contribution < -0.4 is 5.32 Å². The van der Waals surface area contributed by atoms with E-state index in [1.54, 1.807) is 11.0 Å². The lowest BCUT2D eigenvalue weighted by atomic mass is 9.95. The molecule has 0 fully saturated rings. The first kappa shape index (κ1) is 16.5. The van der Waals surface area contributed by atoms with Gasteiger partial charge in [-0.15, -0.1) is 0 Å². The lowest BCUT2D eigenvalue weighted by Gasteiger charge is -2.27. The summed E-state index contributed by atoms with van der Waals surface area (Å²) in [6.45, 7) is 4.32. The minimum atomic E-state index is -1.42. The van der Waals surface area contributed by atoms with Crippen molar-refractivity contribution in [3.8, 4) is 0 Å². The van der Waals surface area contributed by atoms with Crippen molar-refractivity contribution in [2.75, 3.05) is 6.54 Å². The Labute approximate surface area is 128 Å². The third-order valence-electron chi connectivity index (χ3n) is 3.56. The monoisotopic (exact) mass is 310 g/mol. The molecule has 0 aliphatic carbocycles. The molecule has 120 valence electrons. The van der Waals surface area contributed by atoms with E-state index in [1.165, 1.54) is 19.3 Å². The number of aryl methyl sites for hydroxylation is 1. The number of nitrogens with one attached hydrogen (secondary N) is 1. The number of hydrogen-bond donors (Lipinski definition) is 2. The molecule has 1 aromatic heterocycles. The summed E-state index contributed by atoms with van der Waals surface area (Å²) in [5.74, 6) is -1.41. The highest BCUT2D eigenvalue weighted by Crippen LogP contribution is 2.23. The fourth-order valence-corrected chi connectivity index (χ4v) is 2.17. The SMILES string of the molecule is CC(CCn1cncn1)NCC(C)(O)c1ccc(F)cc1F. The molecule has 1 heterocycles. The molecule has 2 unspecified atom stereocenters. The predicted molar refractivity (Wildman–Crippen MR) is 78.0 cm³/mol. The summed E-state index contributed by atoms with van der Waals surface area (Å²) < 4.78 is 28.4. The summed E-state index contributed by atoms with van der Waals surface area (Å²) >= 11 is 0. The lowest BCUT2D eigenvalue weighted by molar-refractivity contribution is 0.0501. The molecule has 0 aliphatic rings. The van der Waals surface area contributed by atoms with Crippen molar-refractivity contribution in [3.63, 3.8) is 0 Å². The lowest BCUT2D eigenvalue weighted by Crippen LogP contribution is -2.40. The molecule has 0 saturated carbocycles.